The molecule has 0 bridgehead atoms. The number of carboxylic acid groups (broad SMARTS) is 1. The standard InChI is InChI=1S/C29H24ClF2N3O4/c30-18-8-5-16(6-9-18)28-24(3-1-2-4-27(36)37)33-25-13-17(7-10-23(25)34-28)29(38)35-22-11-12-39-26-15-21(32)20(31)14-19(22)26/h5-10,13-15,22H,1-4,11-12H2,(H,35,38)(H,36,37). The van der Waals surface area contributed by atoms with Crippen molar-refractivity contribution in [1.29, 1.82) is 0 Å². The molecule has 3 aromatic carbocycles. The van der Waals surface area contributed by atoms with E-state index in [1.807, 2.05) is 12.1 Å². The van der Waals surface area contributed by atoms with Gasteiger partial charge in [-0.25, -0.2) is 18.7 Å². The Hall–Kier alpha value is -4.11. The summed E-state index contributed by atoms with van der Waals surface area (Å²) in [4.78, 5) is 33.7. The van der Waals surface area contributed by atoms with Gasteiger partial charge in [0.2, 0.25) is 0 Å². The summed E-state index contributed by atoms with van der Waals surface area (Å²) in [6, 6.07) is 13.7. The number of hydrogen-bond donors (Lipinski definition) is 2. The molecule has 1 aromatic heterocycles. The molecule has 200 valence electrons. The van der Waals surface area contributed by atoms with E-state index in [1.165, 1.54) is 0 Å². The number of carbonyl (C=O) groups excluding carboxylic acids is 1. The Kier molecular flexibility index (Phi) is 7.70. The predicted molar refractivity (Wildman–Crippen MR) is 142 cm³/mol. The fraction of sp³-hybridized carbons (Fsp3) is 0.241. The number of amides is 1. The summed E-state index contributed by atoms with van der Waals surface area (Å²) in [7, 11) is 0. The van der Waals surface area contributed by atoms with Crippen LogP contribution in [0.1, 0.15) is 53.3 Å². The van der Waals surface area contributed by atoms with Gasteiger partial charge in [0.1, 0.15) is 5.75 Å². The van der Waals surface area contributed by atoms with Crippen molar-refractivity contribution in [3.63, 3.8) is 0 Å². The van der Waals surface area contributed by atoms with Gasteiger partial charge in [0, 0.05) is 40.6 Å². The van der Waals surface area contributed by atoms with Crippen molar-refractivity contribution in [2.24, 2.45) is 0 Å². The first-order valence-electron chi connectivity index (χ1n) is 12.5. The van der Waals surface area contributed by atoms with Crippen LogP contribution in [0.3, 0.4) is 0 Å². The molecule has 7 nitrogen and oxygen atoms in total. The highest BCUT2D eigenvalue weighted by Crippen LogP contribution is 2.34. The molecule has 0 saturated heterocycles. The number of carbonyl (C=O) groups is 2. The van der Waals surface area contributed by atoms with Crippen LogP contribution in [-0.4, -0.2) is 33.6 Å². The molecule has 1 unspecified atom stereocenters. The van der Waals surface area contributed by atoms with Crippen LogP contribution < -0.4 is 10.1 Å². The summed E-state index contributed by atoms with van der Waals surface area (Å²) in [5.74, 6) is -3.06. The van der Waals surface area contributed by atoms with Gasteiger partial charge in [-0.2, -0.15) is 0 Å². The molecule has 39 heavy (non-hydrogen) atoms. The van der Waals surface area contributed by atoms with Crippen LogP contribution in [0.15, 0.2) is 54.6 Å². The molecule has 0 radical (unpaired) electrons. The molecule has 0 aliphatic carbocycles. The summed E-state index contributed by atoms with van der Waals surface area (Å²) in [6.45, 7) is 0.255. The lowest BCUT2D eigenvalue weighted by atomic mass is 9.99. The molecule has 0 saturated carbocycles. The number of ether oxygens (including phenoxy) is 1. The quantitative estimate of drug-likeness (QED) is 0.250. The Morgan fingerprint density at radius 1 is 1.00 bits per heavy atom. The normalized spacial score (nSPS) is 14.5. The van der Waals surface area contributed by atoms with Crippen LogP contribution in [0.2, 0.25) is 5.02 Å². The maximum Gasteiger partial charge on any atom is 0.303 e. The molecule has 0 fully saturated rings. The molecule has 0 spiro atoms. The van der Waals surface area contributed by atoms with E-state index >= 15 is 0 Å². The Morgan fingerprint density at radius 3 is 2.54 bits per heavy atom. The van der Waals surface area contributed by atoms with E-state index in [0.29, 0.717) is 64.3 Å². The zero-order valence-corrected chi connectivity index (χ0v) is 21.5. The van der Waals surface area contributed by atoms with Crippen LogP contribution in [0, 0.1) is 11.6 Å². The molecule has 2 N–H and O–H groups in total. The second kappa shape index (κ2) is 11.3. The third-order valence-corrected chi connectivity index (χ3v) is 6.82. The maximum absolute atomic E-state index is 13.9. The average molecular weight is 552 g/mol. The smallest absolute Gasteiger partial charge is 0.303 e. The molecule has 1 aliphatic heterocycles. The summed E-state index contributed by atoms with van der Waals surface area (Å²) >= 11 is 6.05. The Morgan fingerprint density at radius 2 is 1.77 bits per heavy atom. The highest BCUT2D eigenvalue weighted by molar-refractivity contribution is 6.30. The van der Waals surface area contributed by atoms with Crippen molar-refractivity contribution in [3.8, 4) is 17.0 Å². The van der Waals surface area contributed by atoms with E-state index < -0.39 is 29.6 Å². The molecule has 1 aliphatic rings. The lowest BCUT2D eigenvalue weighted by molar-refractivity contribution is -0.137. The average Bonchev–Trinajstić information content (AvgIpc) is 2.92. The summed E-state index contributed by atoms with van der Waals surface area (Å²) in [6.07, 6.45) is 2.07. The maximum atomic E-state index is 13.9. The van der Waals surface area contributed by atoms with Crippen molar-refractivity contribution in [1.82, 2.24) is 15.3 Å². The van der Waals surface area contributed by atoms with E-state index in [0.717, 1.165) is 17.7 Å². The van der Waals surface area contributed by atoms with Crippen molar-refractivity contribution < 1.29 is 28.2 Å². The number of nitrogens with zero attached hydrogens (tertiary/aromatic N) is 2. The number of rotatable bonds is 8. The van der Waals surface area contributed by atoms with Gasteiger partial charge in [0.05, 0.1) is 35.1 Å². The van der Waals surface area contributed by atoms with Crippen LogP contribution >= 0.6 is 11.6 Å². The van der Waals surface area contributed by atoms with E-state index in [1.54, 1.807) is 30.3 Å². The van der Waals surface area contributed by atoms with Crippen LogP contribution in [0.5, 0.6) is 5.75 Å². The second-order valence-electron chi connectivity index (χ2n) is 9.30. The molecular formula is C29H24ClF2N3O4. The van der Waals surface area contributed by atoms with Crippen molar-refractivity contribution in [2.75, 3.05) is 6.61 Å². The van der Waals surface area contributed by atoms with E-state index in [2.05, 4.69) is 5.32 Å². The van der Waals surface area contributed by atoms with Crippen molar-refractivity contribution in [3.05, 3.63) is 88.1 Å². The van der Waals surface area contributed by atoms with Crippen LogP contribution in [0.25, 0.3) is 22.3 Å². The SMILES string of the molecule is O=C(O)CCCCc1nc2cc(C(=O)NC3CCOc4cc(F)c(F)cc43)ccc2nc1-c1ccc(Cl)cc1. The first-order valence-corrected chi connectivity index (χ1v) is 12.9. The lowest BCUT2D eigenvalue weighted by Gasteiger charge is -2.27. The molecule has 5 rings (SSSR count). The summed E-state index contributed by atoms with van der Waals surface area (Å²) in [5, 5.41) is 12.4. The molecule has 1 atom stereocenters. The summed E-state index contributed by atoms with van der Waals surface area (Å²) < 4.78 is 33.0. The number of halogens is 3. The van der Waals surface area contributed by atoms with Gasteiger partial charge in [-0.3, -0.25) is 9.59 Å². The number of benzene rings is 3. The predicted octanol–water partition coefficient (Wildman–Crippen LogP) is 6.28. The molecular weight excluding hydrogens is 528 g/mol. The van der Waals surface area contributed by atoms with Crippen molar-refractivity contribution in [2.45, 2.75) is 38.1 Å². The number of aromatic nitrogens is 2. The minimum atomic E-state index is -1.01. The Balaban J connectivity index is 1.43. The Labute approximate surface area is 227 Å². The second-order valence-corrected chi connectivity index (χ2v) is 9.73. The van der Waals surface area contributed by atoms with Gasteiger partial charge < -0.3 is 15.2 Å². The topological polar surface area (TPSA) is 101 Å². The number of carboxylic acids is 1. The number of aryl methyl sites for hydroxylation is 1. The summed E-state index contributed by atoms with van der Waals surface area (Å²) in [5.41, 5.74) is 3.98. The van der Waals surface area contributed by atoms with Gasteiger partial charge in [-0.05, 0) is 55.7 Å². The third-order valence-electron chi connectivity index (χ3n) is 6.57. The molecule has 1 amide bonds. The first kappa shape index (κ1) is 26.5. The van der Waals surface area contributed by atoms with Gasteiger partial charge in [-0.15, -0.1) is 0 Å². The third kappa shape index (κ3) is 5.98. The highest BCUT2D eigenvalue weighted by Gasteiger charge is 2.26. The zero-order chi connectivity index (χ0) is 27.5. The van der Waals surface area contributed by atoms with Crippen molar-refractivity contribution >= 4 is 34.5 Å². The van der Waals surface area contributed by atoms with Gasteiger partial charge in [0.25, 0.3) is 5.91 Å². The monoisotopic (exact) mass is 551 g/mol. The minimum absolute atomic E-state index is 0.0630. The molecule has 2 heterocycles. The lowest BCUT2D eigenvalue weighted by Crippen LogP contribution is -2.32. The van der Waals surface area contributed by atoms with E-state index in [4.69, 9.17) is 31.4 Å². The van der Waals surface area contributed by atoms with Gasteiger partial charge in [-0.1, -0.05) is 23.7 Å². The van der Waals surface area contributed by atoms with Crippen LogP contribution in [0.4, 0.5) is 8.78 Å². The van der Waals surface area contributed by atoms with Gasteiger partial charge >= 0.3 is 5.97 Å². The number of hydrogen-bond acceptors (Lipinski definition) is 5. The van der Waals surface area contributed by atoms with E-state index in [9.17, 15) is 18.4 Å². The highest BCUT2D eigenvalue weighted by atomic mass is 35.5. The first-order chi connectivity index (χ1) is 18.8. The largest absolute Gasteiger partial charge is 0.493 e. The van der Waals surface area contributed by atoms with Gasteiger partial charge in [0.15, 0.2) is 11.6 Å². The fourth-order valence-electron chi connectivity index (χ4n) is 4.59. The minimum Gasteiger partial charge on any atom is -0.493 e. The fourth-order valence-corrected chi connectivity index (χ4v) is 4.71. The molecule has 10 heteroatoms. The Bertz CT molecular complexity index is 1560. The number of aliphatic carboxylic acids is 1. The number of fused-ring (bicyclic) bond motifs is 2. The zero-order valence-electron chi connectivity index (χ0n) is 20.7. The van der Waals surface area contributed by atoms with E-state index in [-0.39, 0.29) is 18.8 Å². The number of unbranched alkanes of at least 4 members (excludes halogenated alkanes) is 1. The molecule has 4 aromatic rings. The van der Waals surface area contributed by atoms with Crippen LogP contribution in [-0.2, 0) is 11.2 Å². The number of nitrogens with one attached hydrogen (secondary N) is 1.